The van der Waals surface area contributed by atoms with E-state index in [1.165, 1.54) is 12.8 Å². The van der Waals surface area contributed by atoms with E-state index < -0.39 is 0 Å². The van der Waals surface area contributed by atoms with Crippen LogP contribution in [0.5, 0.6) is 5.75 Å². The number of rotatable bonds is 7. The summed E-state index contributed by atoms with van der Waals surface area (Å²) in [4.78, 5) is 11.3. The highest BCUT2D eigenvalue weighted by molar-refractivity contribution is 5.85. The van der Waals surface area contributed by atoms with Crippen LogP contribution in [0.3, 0.4) is 0 Å². The van der Waals surface area contributed by atoms with Crippen molar-refractivity contribution in [2.24, 2.45) is 5.92 Å². The molecule has 5 heteroatoms. The Morgan fingerprint density at radius 3 is 2.55 bits per heavy atom. The van der Waals surface area contributed by atoms with Crippen LogP contribution in [-0.2, 0) is 16.0 Å². The Labute approximate surface area is 139 Å². The third-order valence-corrected chi connectivity index (χ3v) is 3.79. The van der Waals surface area contributed by atoms with Crippen LogP contribution >= 0.6 is 12.4 Å². The molecular formula is C17H26ClNO3. The average molecular weight is 328 g/mol. The van der Waals surface area contributed by atoms with E-state index >= 15 is 0 Å². The number of carbonyl (C=O) groups excluding carboxylic acids is 1. The Kier molecular flexibility index (Phi) is 8.94. The smallest absolute Gasteiger partial charge is 0.306 e. The minimum Gasteiger partial charge on any atom is -0.493 e. The van der Waals surface area contributed by atoms with Crippen molar-refractivity contribution in [3.05, 3.63) is 29.8 Å². The number of esters is 1. The highest BCUT2D eigenvalue weighted by atomic mass is 35.5. The molecule has 1 aliphatic rings. The Balaban J connectivity index is 0.00000242. The molecule has 0 atom stereocenters. The van der Waals surface area contributed by atoms with Gasteiger partial charge in [0.25, 0.3) is 0 Å². The van der Waals surface area contributed by atoms with Crippen molar-refractivity contribution in [1.82, 2.24) is 5.32 Å². The van der Waals surface area contributed by atoms with Gasteiger partial charge in [-0.2, -0.15) is 0 Å². The number of nitrogens with one attached hydrogen (secondary N) is 1. The van der Waals surface area contributed by atoms with E-state index in [0.29, 0.717) is 25.4 Å². The fourth-order valence-electron chi connectivity index (χ4n) is 2.49. The molecule has 4 nitrogen and oxygen atoms in total. The lowest BCUT2D eigenvalue weighted by Crippen LogP contribution is -2.30. The molecular weight excluding hydrogens is 302 g/mol. The van der Waals surface area contributed by atoms with Crippen molar-refractivity contribution in [1.29, 1.82) is 0 Å². The first-order valence-corrected chi connectivity index (χ1v) is 7.86. The molecule has 1 aliphatic heterocycles. The van der Waals surface area contributed by atoms with Crippen LogP contribution in [0.1, 0.15) is 31.7 Å². The lowest BCUT2D eigenvalue weighted by Gasteiger charge is -2.22. The van der Waals surface area contributed by atoms with Crippen LogP contribution in [-0.4, -0.2) is 32.3 Å². The molecule has 1 N–H and O–H groups in total. The predicted octanol–water partition coefficient (Wildman–Crippen LogP) is 2.98. The molecule has 0 aromatic heterocycles. The zero-order chi connectivity index (χ0) is 14.9. The lowest BCUT2D eigenvalue weighted by molar-refractivity contribution is -0.143. The van der Waals surface area contributed by atoms with Crippen LogP contribution in [0.2, 0.25) is 0 Å². The van der Waals surface area contributed by atoms with E-state index in [2.05, 4.69) is 5.32 Å². The van der Waals surface area contributed by atoms with Gasteiger partial charge < -0.3 is 14.8 Å². The van der Waals surface area contributed by atoms with Gasteiger partial charge in [0.15, 0.2) is 0 Å². The standard InChI is InChI=1S/C17H25NO3.ClH/c1-2-20-17(19)8-5-14-3-6-16(7-4-14)21-13-15-9-11-18-12-10-15;/h3-4,6-7,15,18H,2,5,8-13H2,1H3;1H. The minimum atomic E-state index is -0.135. The van der Waals surface area contributed by atoms with Gasteiger partial charge in [0.2, 0.25) is 0 Å². The van der Waals surface area contributed by atoms with Crippen LogP contribution in [0.4, 0.5) is 0 Å². The summed E-state index contributed by atoms with van der Waals surface area (Å²) in [5, 5.41) is 3.36. The van der Waals surface area contributed by atoms with E-state index in [1.54, 1.807) is 0 Å². The summed E-state index contributed by atoms with van der Waals surface area (Å²) in [6.45, 7) is 5.26. The zero-order valence-corrected chi connectivity index (χ0v) is 14.0. The van der Waals surface area contributed by atoms with Gasteiger partial charge in [-0.15, -0.1) is 12.4 Å². The van der Waals surface area contributed by atoms with E-state index in [9.17, 15) is 4.79 Å². The molecule has 22 heavy (non-hydrogen) atoms. The maximum Gasteiger partial charge on any atom is 0.306 e. The highest BCUT2D eigenvalue weighted by Crippen LogP contribution is 2.17. The van der Waals surface area contributed by atoms with E-state index in [4.69, 9.17) is 9.47 Å². The van der Waals surface area contributed by atoms with E-state index in [1.807, 2.05) is 31.2 Å². The van der Waals surface area contributed by atoms with Gasteiger partial charge in [0.1, 0.15) is 5.75 Å². The molecule has 0 amide bonds. The second kappa shape index (κ2) is 10.5. The largest absolute Gasteiger partial charge is 0.493 e. The number of hydrogen-bond acceptors (Lipinski definition) is 4. The summed E-state index contributed by atoms with van der Waals surface area (Å²) in [6, 6.07) is 8.02. The fourth-order valence-corrected chi connectivity index (χ4v) is 2.49. The molecule has 0 saturated carbocycles. The van der Waals surface area contributed by atoms with Gasteiger partial charge in [-0.3, -0.25) is 4.79 Å². The first kappa shape index (κ1) is 18.8. The summed E-state index contributed by atoms with van der Waals surface area (Å²) < 4.78 is 10.8. The van der Waals surface area contributed by atoms with Crippen molar-refractivity contribution in [3.8, 4) is 5.75 Å². The fraction of sp³-hybridized carbons (Fsp3) is 0.588. The molecule has 0 unspecified atom stereocenters. The van der Waals surface area contributed by atoms with Crippen molar-refractivity contribution in [3.63, 3.8) is 0 Å². The summed E-state index contributed by atoms with van der Waals surface area (Å²) in [5.74, 6) is 1.44. The van der Waals surface area contributed by atoms with Crippen molar-refractivity contribution < 1.29 is 14.3 Å². The third kappa shape index (κ3) is 6.67. The van der Waals surface area contributed by atoms with Crippen molar-refractivity contribution >= 4 is 18.4 Å². The molecule has 1 fully saturated rings. The van der Waals surface area contributed by atoms with Crippen molar-refractivity contribution in [2.75, 3.05) is 26.3 Å². The SMILES string of the molecule is CCOC(=O)CCc1ccc(OCC2CCNCC2)cc1.Cl. The summed E-state index contributed by atoms with van der Waals surface area (Å²) >= 11 is 0. The Morgan fingerprint density at radius 2 is 1.91 bits per heavy atom. The summed E-state index contributed by atoms with van der Waals surface area (Å²) in [7, 11) is 0. The molecule has 1 heterocycles. The molecule has 2 rings (SSSR count). The monoisotopic (exact) mass is 327 g/mol. The van der Waals surface area contributed by atoms with Crippen LogP contribution in [0.15, 0.2) is 24.3 Å². The van der Waals surface area contributed by atoms with Gasteiger partial charge >= 0.3 is 5.97 Å². The van der Waals surface area contributed by atoms with Crippen LogP contribution in [0.25, 0.3) is 0 Å². The number of aryl methyl sites for hydroxylation is 1. The molecule has 1 aromatic carbocycles. The third-order valence-electron chi connectivity index (χ3n) is 3.79. The van der Waals surface area contributed by atoms with Crippen molar-refractivity contribution in [2.45, 2.75) is 32.6 Å². The van der Waals surface area contributed by atoms with Crippen LogP contribution in [0, 0.1) is 5.92 Å². The number of halogens is 1. The van der Waals surface area contributed by atoms with Gasteiger partial charge in [0.05, 0.1) is 13.2 Å². The Hall–Kier alpha value is -1.26. The maximum absolute atomic E-state index is 11.3. The summed E-state index contributed by atoms with van der Waals surface area (Å²) in [5.41, 5.74) is 1.14. The van der Waals surface area contributed by atoms with Gasteiger partial charge in [0, 0.05) is 6.42 Å². The number of piperidine rings is 1. The minimum absolute atomic E-state index is 0. The summed E-state index contributed by atoms with van der Waals surface area (Å²) in [6.07, 6.45) is 3.53. The number of hydrogen-bond donors (Lipinski definition) is 1. The molecule has 124 valence electrons. The second-order valence-corrected chi connectivity index (χ2v) is 5.45. The lowest BCUT2D eigenvalue weighted by atomic mass is 9.99. The molecule has 0 spiro atoms. The number of ether oxygens (including phenoxy) is 2. The topological polar surface area (TPSA) is 47.6 Å². The molecule has 0 bridgehead atoms. The Morgan fingerprint density at radius 1 is 1.23 bits per heavy atom. The van der Waals surface area contributed by atoms with E-state index in [-0.39, 0.29) is 18.4 Å². The first-order chi connectivity index (χ1) is 10.3. The van der Waals surface area contributed by atoms with E-state index in [0.717, 1.165) is 31.0 Å². The molecule has 0 aliphatic carbocycles. The highest BCUT2D eigenvalue weighted by Gasteiger charge is 2.13. The molecule has 0 radical (unpaired) electrons. The van der Waals surface area contributed by atoms with Gasteiger partial charge in [-0.1, -0.05) is 12.1 Å². The first-order valence-electron chi connectivity index (χ1n) is 7.86. The second-order valence-electron chi connectivity index (χ2n) is 5.45. The maximum atomic E-state index is 11.3. The molecule has 1 saturated heterocycles. The predicted molar refractivity (Wildman–Crippen MR) is 89.7 cm³/mol. The normalized spacial score (nSPS) is 15.0. The Bertz CT molecular complexity index is 430. The number of benzene rings is 1. The quantitative estimate of drug-likeness (QED) is 0.782. The van der Waals surface area contributed by atoms with Gasteiger partial charge in [-0.25, -0.2) is 0 Å². The zero-order valence-electron chi connectivity index (χ0n) is 13.2. The van der Waals surface area contributed by atoms with Crippen LogP contribution < -0.4 is 10.1 Å². The average Bonchev–Trinajstić information content (AvgIpc) is 2.53. The van der Waals surface area contributed by atoms with Gasteiger partial charge in [-0.05, 0) is 62.9 Å². The number of carbonyl (C=O) groups is 1. The molecule has 1 aromatic rings.